The highest BCUT2D eigenvalue weighted by Gasteiger charge is 2.26. The van der Waals surface area contributed by atoms with Crippen LogP contribution < -0.4 is 10.5 Å². The molecule has 1 aliphatic rings. The highest BCUT2D eigenvalue weighted by atomic mass is 19.1. The number of carbonyl (C=O) groups excluding carboxylic acids is 1. The third kappa shape index (κ3) is 3.60. The van der Waals surface area contributed by atoms with Crippen molar-refractivity contribution in [2.45, 2.75) is 0 Å². The molecule has 1 fully saturated rings. The van der Waals surface area contributed by atoms with Gasteiger partial charge in [0.2, 0.25) is 0 Å². The molecular formula is C24H20FN5O2. The summed E-state index contributed by atoms with van der Waals surface area (Å²) in [4.78, 5) is 34.3. The number of hydrogen-bond donors (Lipinski definition) is 0. The normalized spacial score (nSPS) is 14.0. The molecule has 0 aliphatic carbocycles. The Morgan fingerprint density at radius 3 is 2.16 bits per heavy atom. The number of fused-ring (bicyclic) bond motifs is 1. The van der Waals surface area contributed by atoms with Crippen LogP contribution in [0.2, 0.25) is 0 Å². The van der Waals surface area contributed by atoms with Gasteiger partial charge < -0.3 is 9.80 Å². The van der Waals surface area contributed by atoms with E-state index in [1.165, 1.54) is 16.8 Å². The predicted molar refractivity (Wildman–Crippen MR) is 120 cm³/mol. The van der Waals surface area contributed by atoms with Crippen molar-refractivity contribution in [2.75, 3.05) is 31.1 Å². The smallest absolute Gasteiger partial charge is 0.279 e. The minimum Gasteiger partial charge on any atom is -0.368 e. The van der Waals surface area contributed by atoms with E-state index < -0.39 is 0 Å². The molecular weight excluding hydrogens is 409 g/mol. The summed E-state index contributed by atoms with van der Waals surface area (Å²) in [5, 5.41) is 5.44. The van der Waals surface area contributed by atoms with Gasteiger partial charge in [0.25, 0.3) is 11.5 Å². The SMILES string of the molecule is O=C(c1nn(-c2ccncc2)c(=O)c2ccccc12)N1CCN(c2ccc(F)cc2)CC1. The van der Waals surface area contributed by atoms with E-state index in [9.17, 15) is 14.0 Å². The average Bonchev–Trinajstić information content (AvgIpc) is 2.85. The maximum Gasteiger partial charge on any atom is 0.279 e. The maximum atomic E-state index is 13.5. The van der Waals surface area contributed by atoms with Gasteiger partial charge in [-0.3, -0.25) is 14.6 Å². The molecule has 5 rings (SSSR count). The molecule has 3 heterocycles. The van der Waals surface area contributed by atoms with Crippen molar-refractivity contribution >= 4 is 22.4 Å². The lowest BCUT2D eigenvalue weighted by Gasteiger charge is -2.36. The van der Waals surface area contributed by atoms with Gasteiger partial charge >= 0.3 is 0 Å². The Morgan fingerprint density at radius 1 is 0.812 bits per heavy atom. The number of amides is 1. The number of carbonyl (C=O) groups is 1. The largest absolute Gasteiger partial charge is 0.368 e. The molecule has 1 amide bonds. The third-order valence-electron chi connectivity index (χ3n) is 5.67. The standard InChI is InChI=1S/C24H20FN5O2/c25-17-5-7-18(8-6-17)28-13-15-29(16-14-28)24(32)22-20-3-1-2-4-21(20)23(31)30(27-22)19-9-11-26-12-10-19/h1-12H,13-16H2. The van der Waals surface area contributed by atoms with E-state index in [0.29, 0.717) is 42.6 Å². The van der Waals surface area contributed by atoms with Crippen molar-refractivity contribution in [3.8, 4) is 5.69 Å². The summed E-state index contributed by atoms with van der Waals surface area (Å²) in [6.45, 7) is 2.25. The van der Waals surface area contributed by atoms with Gasteiger partial charge in [0.1, 0.15) is 5.82 Å². The first-order valence-electron chi connectivity index (χ1n) is 10.3. The second-order valence-electron chi connectivity index (χ2n) is 7.57. The van der Waals surface area contributed by atoms with Crippen LogP contribution in [0.4, 0.5) is 10.1 Å². The van der Waals surface area contributed by atoms with Crippen molar-refractivity contribution in [1.82, 2.24) is 19.7 Å². The van der Waals surface area contributed by atoms with Crippen molar-refractivity contribution < 1.29 is 9.18 Å². The van der Waals surface area contributed by atoms with Crippen LogP contribution in [0.25, 0.3) is 16.5 Å². The maximum absolute atomic E-state index is 13.5. The lowest BCUT2D eigenvalue weighted by Crippen LogP contribution is -2.49. The summed E-state index contributed by atoms with van der Waals surface area (Å²) in [6.07, 6.45) is 3.16. The van der Waals surface area contributed by atoms with E-state index >= 15 is 0 Å². The van der Waals surface area contributed by atoms with E-state index in [2.05, 4.69) is 15.0 Å². The van der Waals surface area contributed by atoms with Gasteiger partial charge in [0, 0.05) is 49.6 Å². The topological polar surface area (TPSA) is 71.3 Å². The summed E-state index contributed by atoms with van der Waals surface area (Å²) >= 11 is 0. The number of nitrogens with zero attached hydrogens (tertiary/aromatic N) is 5. The second-order valence-corrected chi connectivity index (χ2v) is 7.57. The zero-order valence-electron chi connectivity index (χ0n) is 17.2. The molecule has 1 aliphatic heterocycles. The number of benzene rings is 2. The third-order valence-corrected chi connectivity index (χ3v) is 5.67. The van der Waals surface area contributed by atoms with Crippen LogP contribution in [-0.2, 0) is 0 Å². The minimum atomic E-state index is -0.288. The monoisotopic (exact) mass is 429 g/mol. The fourth-order valence-electron chi connectivity index (χ4n) is 3.98. The second kappa shape index (κ2) is 8.22. The molecule has 0 atom stereocenters. The molecule has 2 aromatic heterocycles. The van der Waals surface area contributed by atoms with Crippen molar-refractivity contribution in [3.63, 3.8) is 0 Å². The van der Waals surface area contributed by atoms with E-state index in [0.717, 1.165) is 5.69 Å². The molecule has 4 aromatic rings. The van der Waals surface area contributed by atoms with Crippen LogP contribution in [0, 0.1) is 5.82 Å². The molecule has 0 saturated carbocycles. The molecule has 0 radical (unpaired) electrons. The number of piperazine rings is 1. The van der Waals surface area contributed by atoms with Gasteiger partial charge in [-0.05, 0) is 42.5 Å². The molecule has 7 nitrogen and oxygen atoms in total. The van der Waals surface area contributed by atoms with Crippen LogP contribution in [0.3, 0.4) is 0 Å². The number of pyridine rings is 1. The Morgan fingerprint density at radius 2 is 1.47 bits per heavy atom. The van der Waals surface area contributed by atoms with Crippen molar-refractivity contribution in [2.24, 2.45) is 0 Å². The minimum absolute atomic E-state index is 0.220. The Kier molecular flexibility index (Phi) is 5.10. The van der Waals surface area contributed by atoms with Gasteiger partial charge in [-0.2, -0.15) is 9.78 Å². The fourth-order valence-corrected chi connectivity index (χ4v) is 3.98. The zero-order valence-corrected chi connectivity index (χ0v) is 17.2. The lowest BCUT2D eigenvalue weighted by atomic mass is 10.1. The fraction of sp³-hybridized carbons (Fsp3) is 0.167. The molecule has 0 spiro atoms. The molecule has 32 heavy (non-hydrogen) atoms. The summed E-state index contributed by atoms with van der Waals surface area (Å²) < 4.78 is 14.5. The van der Waals surface area contributed by atoms with E-state index in [4.69, 9.17) is 0 Å². The Bertz CT molecular complexity index is 1330. The molecule has 0 N–H and O–H groups in total. The predicted octanol–water partition coefficient (Wildman–Crippen LogP) is 2.88. The molecule has 0 unspecified atom stereocenters. The Balaban J connectivity index is 1.47. The lowest BCUT2D eigenvalue weighted by molar-refractivity contribution is 0.0741. The van der Waals surface area contributed by atoms with E-state index in [-0.39, 0.29) is 23.0 Å². The number of hydrogen-bond acceptors (Lipinski definition) is 5. The zero-order chi connectivity index (χ0) is 22.1. The first-order chi connectivity index (χ1) is 15.6. The van der Waals surface area contributed by atoms with Gasteiger partial charge in [0.05, 0.1) is 11.1 Å². The molecule has 2 aromatic carbocycles. The summed E-state index contributed by atoms with van der Waals surface area (Å²) in [5.41, 5.74) is 1.43. The van der Waals surface area contributed by atoms with Crippen LogP contribution in [-0.4, -0.2) is 51.8 Å². The van der Waals surface area contributed by atoms with Gasteiger partial charge in [-0.25, -0.2) is 4.39 Å². The molecule has 160 valence electrons. The van der Waals surface area contributed by atoms with Crippen molar-refractivity contribution in [3.05, 3.63) is 94.9 Å². The Labute approximate surface area is 183 Å². The first kappa shape index (κ1) is 19.9. The quantitative estimate of drug-likeness (QED) is 0.501. The first-order valence-corrected chi connectivity index (χ1v) is 10.3. The summed E-state index contributed by atoms with van der Waals surface area (Å²) in [6, 6.07) is 16.7. The van der Waals surface area contributed by atoms with Crippen LogP contribution in [0.5, 0.6) is 0 Å². The van der Waals surface area contributed by atoms with Gasteiger partial charge in [-0.1, -0.05) is 18.2 Å². The van der Waals surface area contributed by atoms with Gasteiger partial charge in [0.15, 0.2) is 5.69 Å². The summed E-state index contributed by atoms with van der Waals surface area (Å²) in [5.74, 6) is -0.493. The van der Waals surface area contributed by atoms with Crippen LogP contribution >= 0.6 is 0 Å². The Hall–Kier alpha value is -4.07. The highest BCUT2D eigenvalue weighted by Crippen LogP contribution is 2.20. The molecule has 8 heteroatoms. The van der Waals surface area contributed by atoms with E-state index in [1.54, 1.807) is 65.8 Å². The summed E-state index contributed by atoms with van der Waals surface area (Å²) in [7, 11) is 0. The average molecular weight is 429 g/mol. The number of rotatable bonds is 3. The van der Waals surface area contributed by atoms with Crippen molar-refractivity contribution in [1.29, 1.82) is 0 Å². The number of anilines is 1. The highest BCUT2D eigenvalue weighted by molar-refractivity contribution is 6.05. The number of aromatic nitrogens is 3. The van der Waals surface area contributed by atoms with Crippen LogP contribution in [0.15, 0.2) is 77.9 Å². The van der Waals surface area contributed by atoms with Gasteiger partial charge in [-0.15, -0.1) is 0 Å². The molecule has 0 bridgehead atoms. The van der Waals surface area contributed by atoms with Crippen LogP contribution in [0.1, 0.15) is 10.5 Å². The molecule has 1 saturated heterocycles. The number of halogens is 1. The van der Waals surface area contributed by atoms with E-state index in [1.807, 2.05) is 0 Å².